The Morgan fingerprint density at radius 1 is 0.933 bits per heavy atom. The van der Waals surface area contributed by atoms with E-state index in [0.29, 0.717) is 5.13 Å². The predicted molar refractivity (Wildman–Crippen MR) is 113 cm³/mol. The third kappa shape index (κ3) is 6.00. The first kappa shape index (κ1) is 22.7. The molecule has 1 N–H and O–H groups in total. The summed E-state index contributed by atoms with van der Waals surface area (Å²) in [5.74, 6) is 1.25. The molecule has 2 fully saturated rings. The second kappa shape index (κ2) is 11.4. The zero-order valence-corrected chi connectivity index (χ0v) is 17.6. The third-order valence-electron chi connectivity index (χ3n) is 3.93. The van der Waals surface area contributed by atoms with E-state index in [4.69, 9.17) is 0 Å². The molecule has 3 aromatic rings. The summed E-state index contributed by atoms with van der Waals surface area (Å²) in [6.45, 7) is 0. The van der Waals surface area contributed by atoms with Gasteiger partial charge in [0.1, 0.15) is 23.4 Å². The number of hydrogen-bond donors (Lipinski definition) is 1. The summed E-state index contributed by atoms with van der Waals surface area (Å²) in [7, 11) is 0. The van der Waals surface area contributed by atoms with E-state index in [-0.39, 0.29) is 22.8 Å². The first-order valence-electron chi connectivity index (χ1n) is 8.87. The van der Waals surface area contributed by atoms with Crippen molar-refractivity contribution in [3.8, 4) is 10.8 Å². The quantitative estimate of drug-likeness (QED) is 0.478. The van der Waals surface area contributed by atoms with Gasteiger partial charge >= 0.3 is 17.1 Å². The van der Waals surface area contributed by atoms with Crippen molar-refractivity contribution in [3.05, 3.63) is 112 Å². The minimum absolute atomic E-state index is 0. The topological polar surface area (TPSA) is 76.2 Å². The molecule has 148 valence electrons. The zero-order valence-electron chi connectivity index (χ0n) is 15.7. The number of nitrogens with zero attached hydrogens (tertiary/aromatic N) is 5. The second-order valence-electron chi connectivity index (χ2n) is 5.98. The average molecular weight is 455 g/mol. The predicted octanol–water partition coefficient (Wildman–Crippen LogP) is 3.95. The molecule has 0 bridgehead atoms. The van der Waals surface area contributed by atoms with Crippen molar-refractivity contribution in [2.75, 3.05) is 0 Å². The van der Waals surface area contributed by atoms with Crippen LogP contribution in [0.2, 0.25) is 0 Å². The van der Waals surface area contributed by atoms with Crippen molar-refractivity contribution < 1.29 is 22.2 Å². The van der Waals surface area contributed by atoms with Gasteiger partial charge in [-0.1, -0.05) is 11.3 Å². The Morgan fingerprint density at radius 2 is 1.60 bits per heavy atom. The molecular formula is C22H17FeN5OS+2. The summed E-state index contributed by atoms with van der Waals surface area (Å²) in [5.41, 5.74) is 1.72. The number of rotatable bonds is 4. The number of phenols is 1. The molecule has 30 heavy (non-hydrogen) atoms. The fraction of sp³-hybridized carbons (Fsp3) is 0. The van der Waals surface area contributed by atoms with Crippen LogP contribution in [0.25, 0.3) is 5.00 Å². The van der Waals surface area contributed by atoms with E-state index in [1.807, 2.05) is 57.8 Å². The van der Waals surface area contributed by atoms with Crippen molar-refractivity contribution in [1.29, 1.82) is 0 Å². The van der Waals surface area contributed by atoms with E-state index in [0.717, 1.165) is 22.2 Å². The summed E-state index contributed by atoms with van der Waals surface area (Å²) < 4.78 is 1.69. The van der Waals surface area contributed by atoms with Crippen molar-refractivity contribution in [2.24, 2.45) is 4.99 Å². The smallest absolute Gasteiger partial charge is 0.508 e. The van der Waals surface area contributed by atoms with Crippen LogP contribution in [-0.2, 0) is 17.1 Å². The molecule has 2 aromatic heterocycles. The van der Waals surface area contributed by atoms with Crippen LogP contribution in [-0.4, -0.2) is 31.1 Å². The maximum Gasteiger partial charge on any atom is 2.00 e. The van der Waals surface area contributed by atoms with E-state index in [9.17, 15) is 5.11 Å². The molecule has 0 amide bonds. The molecule has 5 rings (SSSR count). The molecule has 0 aliphatic heterocycles. The normalized spacial score (nSPS) is 16.4. The fourth-order valence-corrected chi connectivity index (χ4v) is 3.42. The van der Waals surface area contributed by atoms with Crippen LogP contribution in [0.4, 0.5) is 5.13 Å². The Morgan fingerprint density at radius 3 is 2.20 bits per heavy atom. The van der Waals surface area contributed by atoms with Gasteiger partial charge in [0.15, 0.2) is 0 Å². The monoisotopic (exact) mass is 455 g/mol. The molecular weight excluding hydrogens is 438 g/mol. The average Bonchev–Trinajstić information content (AvgIpc) is 3.55. The van der Waals surface area contributed by atoms with E-state index in [2.05, 4.69) is 20.1 Å². The maximum absolute atomic E-state index is 9.32. The number of aromatic hydroxyl groups is 1. The Balaban J connectivity index is 0.000000376. The Labute approximate surface area is 192 Å². The minimum atomic E-state index is 0. The molecule has 2 aliphatic carbocycles. The molecule has 8 heteroatoms. The molecule has 0 spiro atoms. The van der Waals surface area contributed by atoms with Crippen LogP contribution >= 0.6 is 11.3 Å². The van der Waals surface area contributed by atoms with Crippen molar-refractivity contribution in [3.63, 3.8) is 0 Å². The van der Waals surface area contributed by atoms with Crippen LogP contribution in [0.5, 0.6) is 5.75 Å². The minimum Gasteiger partial charge on any atom is -0.508 e. The number of benzene rings is 1. The maximum atomic E-state index is 9.32. The molecule has 1 aromatic carbocycles. The van der Waals surface area contributed by atoms with E-state index in [1.54, 1.807) is 41.5 Å². The first-order valence-corrected chi connectivity index (χ1v) is 9.69. The number of thiazole rings is 1. The second-order valence-corrected chi connectivity index (χ2v) is 6.93. The Bertz CT molecular complexity index is 906. The van der Waals surface area contributed by atoms with Gasteiger partial charge in [-0.15, -0.1) is 0 Å². The first-order chi connectivity index (χ1) is 14.3. The van der Waals surface area contributed by atoms with Gasteiger partial charge in [0.2, 0.25) is 5.13 Å². The van der Waals surface area contributed by atoms with Crippen molar-refractivity contribution >= 4 is 22.7 Å². The van der Waals surface area contributed by atoms with Gasteiger partial charge in [-0.05, 0) is 87.6 Å². The van der Waals surface area contributed by atoms with E-state index in [1.165, 1.54) is 17.7 Å². The zero-order chi connectivity index (χ0) is 19.9. The Kier molecular flexibility index (Phi) is 8.61. The van der Waals surface area contributed by atoms with Gasteiger partial charge in [-0.25, -0.2) is 19.6 Å². The number of aliphatic imine (C=N–C) groups is 1. The van der Waals surface area contributed by atoms with Crippen molar-refractivity contribution in [1.82, 2.24) is 19.7 Å². The molecule has 2 aliphatic rings. The standard InChI is InChI=1S/C17H12N5OS.C5H5.Fe/c23-14-7-5-12(6-8-14)9-19-17-21-15(13-3-1-2-4-13)16(24-17)22-11-18-10-20-22;1-2-4-5-3-1;/h1-11,23H;1-5H;/q;;+2/b19-9+;;. The van der Waals surface area contributed by atoms with Crippen LogP contribution in [0.15, 0.2) is 41.9 Å². The SMILES string of the molecule is Oc1ccc(/C=N/c2nc([C]3[CH][CH][CH][CH]3)c(-n3cncn3)s2)cc1.[CH]1[CH][CH][CH][CH]1.[Fe+2]. The van der Waals surface area contributed by atoms with Gasteiger partial charge in [0.05, 0.1) is 5.69 Å². The van der Waals surface area contributed by atoms with Gasteiger partial charge < -0.3 is 5.11 Å². The van der Waals surface area contributed by atoms with Crippen LogP contribution in [0.3, 0.4) is 0 Å². The van der Waals surface area contributed by atoms with Gasteiger partial charge in [-0.3, -0.25) is 0 Å². The van der Waals surface area contributed by atoms with E-state index < -0.39 is 0 Å². The molecule has 2 saturated carbocycles. The molecule has 10 radical (unpaired) electrons. The van der Waals surface area contributed by atoms with E-state index >= 15 is 0 Å². The number of hydrogen-bond acceptors (Lipinski definition) is 6. The summed E-state index contributed by atoms with van der Waals surface area (Å²) >= 11 is 1.44. The van der Waals surface area contributed by atoms with Crippen LogP contribution < -0.4 is 0 Å². The van der Waals surface area contributed by atoms with Crippen molar-refractivity contribution in [2.45, 2.75) is 0 Å². The number of phenolic OH excluding ortho intramolecular Hbond substituents is 1. The number of aromatic nitrogens is 4. The summed E-state index contributed by atoms with van der Waals surface area (Å²) in [6, 6.07) is 6.84. The third-order valence-corrected chi connectivity index (χ3v) is 4.89. The van der Waals surface area contributed by atoms with Crippen LogP contribution in [0, 0.1) is 63.7 Å². The van der Waals surface area contributed by atoms with Gasteiger partial charge in [0.25, 0.3) is 0 Å². The largest absolute Gasteiger partial charge is 2.00 e. The summed E-state index contributed by atoms with van der Waals surface area (Å²) in [5, 5.41) is 15.0. The summed E-state index contributed by atoms with van der Waals surface area (Å²) in [6.07, 6.45) is 22.8. The molecule has 2 heterocycles. The van der Waals surface area contributed by atoms with Gasteiger partial charge in [0, 0.05) is 12.1 Å². The molecule has 0 unspecified atom stereocenters. The fourth-order valence-electron chi connectivity index (χ4n) is 2.56. The van der Waals surface area contributed by atoms with Gasteiger partial charge in [-0.2, -0.15) is 5.10 Å². The van der Waals surface area contributed by atoms with Crippen LogP contribution in [0.1, 0.15) is 11.3 Å². The summed E-state index contributed by atoms with van der Waals surface area (Å²) in [4.78, 5) is 13.1. The molecule has 6 nitrogen and oxygen atoms in total. The Hall–Kier alpha value is -2.02. The molecule has 0 atom stereocenters. The molecule has 0 saturated heterocycles.